The predicted octanol–water partition coefficient (Wildman–Crippen LogP) is 2.01. The summed E-state index contributed by atoms with van der Waals surface area (Å²) in [5.41, 5.74) is 1.08. The first-order chi connectivity index (χ1) is 8.49. The lowest BCUT2D eigenvalue weighted by molar-refractivity contribution is -0.180. The molecule has 0 radical (unpaired) electrons. The number of thiol groups is 1. The third-order valence-corrected chi connectivity index (χ3v) is 1.94. The molecule has 0 amide bonds. The second-order valence-corrected chi connectivity index (χ2v) is 3.37. The van der Waals surface area contributed by atoms with Gasteiger partial charge in [-0.25, -0.2) is 9.59 Å². The Bertz CT molecular complexity index is 380. The lowest BCUT2D eigenvalue weighted by Gasteiger charge is -2.02. The number of carboxylic acid groups (broad SMARTS) is 1. The third kappa shape index (κ3) is 8.40. The maximum atomic E-state index is 10.3. The zero-order valence-corrected chi connectivity index (χ0v) is 10.5. The largest absolute Gasteiger partial charge is 0.482 e. The Balaban J connectivity index is 0.000000494. The normalized spacial score (nSPS) is 8.83. The van der Waals surface area contributed by atoms with Gasteiger partial charge < -0.3 is 9.84 Å². The van der Waals surface area contributed by atoms with Gasteiger partial charge in [-0.3, -0.25) is 4.94 Å². The van der Waals surface area contributed by atoms with Crippen molar-refractivity contribution in [1.82, 2.24) is 0 Å². The van der Waals surface area contributed by atoms with Gasteiger partial charge in [0.1, 0.15) is 5.75 Å². The molecule has 1 aromatic carbocycles. The molecule has 7 heteroatoms. The van der Waals surface area contributed by atoms with Gasteiger partial charge in [-0.15, -0.1) is 0 Å². The van der Waals surface area contributed by atoms with Crippen molar-refractivity contribution in [3.05, 3.63) is 29.8 Å². The number of aliphatic carboxylic acids is 1. The summed E-state index contributed by atoms with van der Waals surface area (Å²) in [5.74, 6) is -0.657. The Labute approximate surface area is 109 Å². The SMILES string of the molecule is CC(=O)OF.O=C(O)COc1ccc(CS)cc1. The Morgan fingerprint density at radius 3 is 2.17 bits per heavy atom. The van der Waals surface area contributed by atoms with Crippen molar-refractivity contribution in [2.75, 3.05) is 6.61 Å². The van der Waals surface area contributed by atoms with Crippen LogP contribution in [0.5, 0.6) is 5.75 Å². The second-order valence-electron chi connectivity index (χ2n) is 3.05. The van der Waals surface area contributed by atoms with E-state index in [0.717, 1.165) is 12.5 Å². The zero-order valence-electron chi connectivity index (χ0n) is 9.63. The summed E-state index contributed by atoms with van der Waals surface area (Å²) in [6.45, 7) is 0.681. The Hall–Kier alpha value is -1.76. The van der Waals surface area contributed by atoms with Crippen LogP contribution in [0.2, 0.25) is 0 Å². The van der Waals surface area contributed by atoms with Crippen molar-refractivity contribution in [3.8, 4) is 5.75 Å². The van der Waals surface area contributed by atoms with Gasteiger partial charge in [0.05, 0.1) is 0 Å². The van der Waals surface area contributed by atoms with Crippen molar-refractivity contribution >= 4 is 24.6 Å². The van der Waals surface area contributed by atoms with Crippen LogP contribution >= 0.6 is 12.6 Å². The molecular formula is C11H13FO5S. The molecule has 0 aliphatic rings. The fourth-order valence-electron chi connectivity index (χ4n) is 0.836. The average molecular weight is 276 g/mol. The van der Waals surface area contributed by atoms with Crippen LogP contribution in [-0.2, 0) is 20.3 Å². The van der Waals surface area contributed by atoms with Crippen LogP contribution in [0, 0.1) is 0 Å². The molecule has 0 bridgehead atoms. The molecule has 0 aliphatic carbocycles. The van der Waals surface area contributed by atoms with E-state index in [1.165, 1.54) is 0 Å². The van der Waals surface area contributed by atoms with Crippen molar-refractivity contribution in [3.63, 3.8) is 0 Å². The van der Waals surface area contributed by atoms with E-state index >= 15 is 0 Å². The molecular weight excluding hydrogens is 263 g/mol. The zero-order chi connectivity index (χ0) is 14.0. The van der Waals surface area contributed by atoms with E-state index in [4.69, 9.17) is 9.84 Å². The molecule has 0 atom stereocenters. The topological polar surface area (TPSA) is 72.8 Å². The number of carbonyl (C=O) groups is 2. The van der Waals surface area contributed by atoms with Crippen LogP contribution in [0.15, 0.2) is 24.3 Å². The first kappa shape index (κ1) is 16.2. The Kier molecular flexibility index (Phi) is 8.38. The monoisotopic (exact) mass is 276 g/mol. The number of hydrogen-bond acceptors (Lipinski definition) is 5. The number of benzene rings is 1. The molecule has 18 heavy (non-hydrogen) atoms. The molecule has 0 spiro atoms. The van der Waals surface area contributed by atoms with E-state index in [2.05, 4.69) is 17.6 Å². The highest BCUT2D eigenvalue weighted by atomic mass is 32.1. The first-order valence-corrected chi connectivity index (χ1v) is 5.46. The molecule has 0 aromatic heterocycles. The summed E-state index contributed by atoms with van der Waals surface area (Å²) in [4.78, 5) is 22.0. The van der Waals surface area contributed by atoms with Crippen molar-refractivity contribution in [2.45, 2.75) is 12.7 Å². The summed E-state index contributed by atoms with van der Waals surface area (Å²) >= 11 is 4.09. The minimum Gasteiger partial charge on any atom is -0.482 e. The molecule has 0 aliphatic heterocycles. The fourth-order valence-corrected chi connectivity index (χ4v) is 1.05. The van der Waals surface area contributed by atoms with E-state index in [0.29, 0.717) is 11.5 Å². The van der Waals surface area contributed by atoms with Crippen LogP contribution < -0.4 is 4.74 Å². The van der Waals surface area contributed by atoms with Gasteiger partial charge in [-0.05, 0) is 17.7 Å². The van der Waals surface area contributed by atoms with Gasteiger partial charge in [-0.1, -0.05) is 12.1 Å². The minimum absolute atomic E-state index is 0.305. The lowest BCUT2D eigenvalue weighted by atomic mass is 10.2. The van der Waals surface area contributed by atoms with Crippen LogP contribution in [-0.4, -0.2) is 23.7 Å². The summed E-state index contributed by atoms with van der Waals surface area (Å²) in [7, 11) is 0. The standard InChI is InChI=1S/C9H10O3S.C2H3FO2/c10-9(11)5-12-8-3-1-7(6-13)2-4-8;1-2(4)5-3/h1-4,13H,5-6H2,(H,10,11);1H3. The lowest BCUT2D eigenvalue weighted by Crippen LogP contribution is -2.09. The number of halogens is 1. The number of rotatable bonds is 4. The molecule has 0 heterocycles. The van der Waals surface area contributed by atoms with Gasteiger partial charge >= 0.3 is 11.9 Å². The van der Waals surface area contributed by atoms with Crippen molar-refractivity contribution < 1.29 is 28.9 Å². The molecule has 0 unspecified atom stereocenters. The third-order valence-electron chi connectivity index (χ3n) is 1.58. The van der Waals surface area contributed by atoms with Gasteiger partial charge in [0.25, 0.3) is 0 Å². The molecule has 0 fully saturated rings. The van der Waals surface area contributed by atoms with E-state index in [1.807, 2.05) is 12.1 Å². The van der Waals surface area contributed by atoms with Crippen LogP contribution in [0.25, 0.3) is 0 Å². The molecule has 1 N–H and O–H groups in total. The number of ether oxygens (including phenoxy) is 1. The van der Waals surface area contributed by atoms with Gasteiger partial charge in [0, 0.05) is 17.2 Å². The fraction of sp³-hybridized carbons (Fsp3) is 0.273. The summed E-state index contributed by atoms with van der Waals surface area (Å²) < 4.78 is 15.2. The predicted molar refractivity (Wildman–Crippen MR) is 65.1 cm³/mol. The molecule has 0 saturated carbocycles. The molecule has 0 saturated heterocycles. The Morgan fingerprint density at radius 1 is 1.33 bits per heavy atom. The summed E-state index contributed by atoms with van der Waals surface area (Å²) in [6.07, 6.45) is 0. The average Bonchev–Trinajstić information content (AvgIpc) is 2.37. The van der Waals surface area contributed by atoms with E-state index in [-0.39, 0.29) is 6.61 Å². The summed E-state index contributed by atoms with van der Waals surface area (Å²) in [5, 5.41) is 8.34. The number of carboxylic acids is 1. The highest BCUT2D eigenvalue weighted by Gasteiger charge is 1.98. The number of carbonyl (C=O) groups excluding carboxylic acids is 1. The maximum Gasteiger partial charge on any atom is 0.345 e. The quantitative estimate of drug-likeness (QED) is 0.823. The highest BCUT2D eigenvalue weighted by Crippen LogP contribution is 2.12. The molecule has 1 aromatic rings. The van der Waals surface area contributed by atoms with Crippen LogP contribution in [0.1, 0.15) is 12.5 Å². The van der Waals surface area contributed by atoms with Gasteiger partial charge in [0.2, 0.25) is 0 Å². The smallest absolute Gasteiger partial charge is 0.345 e. The Morgan fingerprint density at radius 2 is 1.83 bits per heavy atom. The van der Waals surface area contributed by atoms with Crippen molar-refractivity contribution in [2.24, 2.45) is 0 Å². The van der Waals surface area contributed by atoms with E-state index < -0.39 is 11.9 Å². The summed E-state index contributed by atoms with van der Waals surface area (Å²) in [6, 6.07) is 7.16. The van der Waals surface area contributed by atoms with Crippen molar-refractivity contribution in [1.29, 1.82) is 0 Å². The molecule has 1 rings (SSSR count). The van der Waals surface area contributed by atoms with E-state index in [9.17, 15) is 14.1 Å². The number of hydrogen-bond donors (Lipinski definition) is 2. The molecule has 100 valence electrons. The highest BCUT2D eigenvalue weighted by molar-refractivity contribution is 7.79. The second kappa shape index (κ2) is 9.29. The maximum absolute atomic E-state index is 10.3. The molecule has 5 nitrogen and oxygen atoms in total. The van der Waals surface area contributed by atoms with Crippen LogP contribution in [0.3, 0.4) is 0 Å². The van der Waals surface area contributed by atoms with Gasteiger partial charge in [-0.2, -0.15) is 12.6 Å². The van der Waals surface area contributed by atoms with E-state index in [1.54, 1.807) is 12.1 Å². The van der Waals surface area contributed by atoms with Crippen LogP contribution in [0.4, 0.5) is 4.53 Å². The van der Waals surface area contributed by atoms with Gasteiger partial charge in [0.15, 0.2) is 6.61 Å². The minimum atomic E-state index is -0.974. The first-order valence-electron chi connectivity index (χ1n) is 4.83.